The second-order valence-corrected chi connectivity index (χ2v) is 6.34. The second-order valence-electron chi connectivity index (χ2n) is 6.34. The molecule has 0 N–H and O–H groups in total. The molecule has 3 fully saturated rings. The Morgan fingerprint density at radius 3 is 3.00 bits per heavy atom. The minimum absolute atomic E-state index is 0.0991. The van der Waals surface area contributed by atoms with Crippen molar-refractivity contribution in [3.05, 3.63) is 11.8 Å². The minimum Gasteiger partial charge on any atom is -0.479 e. The molecule has 1 saturated heterocycles. The summed E-state index contributed by atoms with van der Waals surface area (Å²) in [5, 5.41) is 3.70. The molecule has 1 amide bonds. The van der Waals surface area contributed by atoms with Crippen molar-refractivity contribution in [1.29, 1.82) is 0 Å². The van der Waals surface area contributed by atoms with Gasteiger partial charge in [0.2, 0.25) is 5.76 Å². The van der Waals surface area contributed by atoms with Gasteiger partial charge in [0.15, 0.2) is 0 Å². The van der Waals surface area contributed by atoms with Crippen LogP contribution in [0.5, 0.6) is 5.88 Å². The lowest BCUT2D eigenvalue weighted by Crippen LogP contribution is -2.39. The Hall–Kier alpha value is -1.56. The first-order valence-corrected chi connectivity index (χ1v) is 7.69. The van der Waals surface area contributed by atoms with Gasteiger partial charge in [-0.15, -0.1) is 0 Å². The first-order chi connectivity index (χ1) is 10.3. The molecule has 3 unspecified atom stereocenters. The first kappa shape index (κ1) is 13.1. The number of nitrogens with zero attached hydrogens (tertiary/aromatic N) is 2. The van der Waals surface area contributed by atoms with Gasteiger partial charge in [0, 0.05) is 19.1 Å². The molecule has 2 saturated carbocycles. The molecule has 0 spiro atoms. The van der Waals surface area contributed by atoms with Crippen LogP contribution in [0.3, 0.4) is 0 Å². The van der Waals surface area contributed by atoms with E-state index in [0.717, 1.165) is 31.9 Å². The van der Waals surface area contributed by atoms with Crippen LogP contribution in [0.4, 0.5) is 0 Å². The van der Waals surface area contributed by atoms with Crippen molar-refractivity contribution in [3.63, 3.8) is 0 Å². The summed E-state index contributed by atoms with van der Waals surface area (Å²) >= 11 is 0. The van der Waals surface area contributed by atoms with Gasteiger partial charge >= 0.3 is 0 Å². The molecule has 21 heavy (non-hydrogen) atoms. The van der Waals surface area contributed by atoms with Gasteiger partial charge < -0.3 is 18.9 Å². The van der Waals surface area contributed by atoms with Gasteiger partial charge in [-0.1, -0.05) is 0 Å². The Bertz CT molecular complexity index is 540. The van der Waals surface area contributed by atoms with Gasteiger partial charge in [0.1, 0.15) is 0 Å². The first-order valence-electron chi connectivity index (χ1n) is 7.69. The Morgan fingerprint density at radius 1 is 1.43 bits per heavy atom. The number of aromatic nitrogens is 1. The fraction of sp³-hybridized carbons (Fsp3) is 0.733. The molecule has 4 rings (SSSR count). The summed E-state index contributed by atoms with van der Waals surface area (Å²) in [4.78, 5) is 14.4. The third-order valence-corrected chi connectivity index (χ3v) is 4.90. The van der Waals surface area contributed by atoms with Crippen LogP contribution in [0.2, 0.25) is 0 Å². The number of hydrogen-bond acceptors (Lipinski definition) is 5. The van der Waals surface area contributed by atoms with E-state index < -0.39 is 0 Å². The lowest BCUT2D eigenvalue weighted by molar-refractivity contribution is 0.0201. The van der Waals surface area contributed by atoms with Crippen molar-refractivity contribution < 1.29 is 18.8 Å². The van der Waals surface area contributed by atoms with Crippen LogP contribution in [-0.4, -0.2) is 48.4 Å². The van der Waals surface area contributed by atoms with Gasteiger partial charge in [-0.25, -0.2) is 0 Å². The lowest BCUT2D eigenvalue weighted by Gasteiger charge is -2.26. The monoisotopic (exact) mass is 292 g/mol. The maximum absolute atomic E-state index is 12.5. The summed E-state index contributed by atoms with van der Waals surface area (Å²) in [6.07, 6.45) is 4.98. The molecule has 1 aromatic heterocycles. The molecule has 3 aliphatic rings. The fourth-order valence-corrected chi connectivity index (χ4v) is 3.55. The number of amides is 1. The van der Waals surface area contributed by atoms with Crippen molar-refractivity contribution >= 4 is 5.91 Å². The zero-order valence-electron chi connectivity index (χ0n) is 12.2. The van der Waals surface area contributed by atoms with Gasteiger partial charge in [-0.05, 0) is 36.8 Å². The number of hydrogen-bond donors (Lipinski definition) is 0. The largest absolute Gasteiger partial charge is 0.479 e. The maximum Gasteiger partial charge on any atom is 0.292 e. The second kappa shape index (κ2) is 5.02. The average molecular weight is 292 g/mol. The number of likely N-dealkylation sites (tertiary alicyclic amines) is 1. The molecule has 114 valence electrons. The van der Waals surface area contributed by atoms with E-state index in [9.17, 15) is 4.79 Å². The lowest BCUT2D eigenvalue weighted by atomic mass is 10.1. The summed E-state index contributed by atoms with van der Waals surface area (Å²) < 4.78 is 16.1. The smallest absolute Gasteiger partial charge is 0.292 e. The predicted molar refractivity (Wildman–Crippen MR) is 73.1 cm³/mol. The number of carbonyl (C=O) groups is 1. The Kier molecular flexibility index (Phi) is 3.14. The molecular weight excluding hydrogens is 272 g/mol. The van der Waals surface area contributed by atoms with Crippen molar-refractivity contribution in [3.8, 4) is 5.88 Å². The van der Waals surface area contributed by atoms with Crippen LogP contribution in [0, 0.1) is 11.8 Å². The van der Waals surface area contributed by atoms with E-state index in [4.69, 9.17) is 14.0 Å². The molecule has 1 aromatic rings. The van der Waals surface area contributed by atoms with Crippen molar-refractivity contribution in [2.45, 2.75) is 37.8 Å². The number of ether oxygens (including phenoxy) is 2. The van der Waals surface area contributed by atoms with Crippen LogP contribution in [0.1, 0.15) is 36.2 Å². The standard InChI is InChI=1S/C15H20N2O4/c1-19-13-6-12(21-16-13)15(18)17-7-10-4-5-11(17)14(10)20-8-9-2-3-9/h6,9-11,14H,2-5,7-8H2,1H3. The fourth-order valence-electron chi connectivity index (χ4n) is 3.55. The molecule has 0 aromatic carbocycles. The topological polar surface area (TPSA) is 64.8 Å². The third kappa shape index (κ3) is 2.31. The number of rotatable bonds is 5. The zero-order chi connectivity index (χ0) is 14.4. The Labute approximate surface area is 123 Å². The quantitative estimate of drug-likeness (QED) is 0.826. The summed E-state index contributed by atoms with van der Waals surface area (Å²) in [6, 6.07) is 1.74. The van der Waals surface area contributed by atoms with Crippen molar-refractivity contribution in [1.82, 2.24) is 10.1 Å². The molecular formula is C15H20N2O4. The predicted octanol–water partition coefficient (Wildman–Crippen LogP) is 1.71. The van der Waals surface area contributed by atoms with E-state index in [-0.39, 0.29) is 23.8 Å². The van der Waals surface area contributed by atoms with Crippen LogP contribution in [-0.2, 0) is 4.74 Å². The highest BCUT2D eigenvalue weighted by Gasteiger charge is 2.50. The Morgan fingerprint density at radius 2 is 2.29 bits per heavy atom. The molecule has 2 bridgehead atoms. The summed E-state index contributed by atoms with van der Waals surface area (Å²) in [7, 11) is 1.51. The van der Waals surface area contributed by atoms with Crippen LogP contribution < -0.4 is 4.74 Å². The van der Waals surface area contributed by atoms with Crippen LogP contribution in [0.25, 0.3) is 0 Å². The van der Waals surface area contributed by atoms with Gasteiger partial charge in [0.25, 0.3) is 11.8 Å². The average Bonchev–Trinajstić information content (AvgIpc) is 2.97. The molecule has 2 heterocycles. The van der Waals surface area contributed by atoms with E-state index in [1.165, 1.54) is 20.0 Å². The van der Waals surface area contributed by atoms with Crippen LogP contribution >= 0.6 is 0 Å². The normalized spacial score (nSPS) is 30.9. The minimum atomic E-state index is -0.0991. The van der Waals surface area contributed by atoms with Gasteiger partial charge in [-0.2, -0.15) is 0 Å². The van der Waals surface area contributed by atoms with E-state index >= 15 is 0 Å². The number of fused-ring (bicyclic) bond motifs is 2. The van der Waals surface area contributed by atoms with Crippen molar-refractivity contribution in [2.75, 3.05) is 20.3 Å². The van der Waals surface area contributed by atoms with E-state index in [1.54, 1.807) is 6.07 Å². The molecule has 6 heteroatoms. The highest BCUT2D eigenvalue weighted by molar-refractivity contribution is 5.92. The Balaban J connectivity index is 1.44. The molecule has 6 nitrogen and oxygen atoms in total. The van der Waals surface area contributed by atoms with Crippen LogP contribution in [0.15, 0.2) is 10.6 Å². The molecule has 1 aliphatic heterocycles. The van der Waals surface area contributed by atoms with Gasteiger partial charge in [-0.3, -0.25) is 4.79 Å². The molecule has 0 radical (unpaired) electrons. The zero-order valence-corrected chi connectivity index (χ0v) is 12.2. The highest BCUT2D eigenvalue weighted by Crippen LogP contribution is 2.42. The van der Waals surface area contributed by atoms with E-state index in [2.05, 4.69) is 5.16 Å². The maximum atomic E-state index is 12.5. The SMILES string of the molecule is COc1cc(C(=O)N2CC3CCC2C3OCC2CC2)on1. The third-order valence-electron chi connectivity index (χ3n) is 4.90. The molecule has 2 aliphatic carbocycles. The van der Waals surface area contributed by atoms with E-state index in [1.807, 2.05) is 4.90 Å². The number of piperidine rings is 1. The number of methoxy groups -OCH3 is 1. The number of carbonyl (C=O) groups excluding carboxylic acids is 1. The molecule has 3 atom stereocenters. The van der Waals surface area contributed by atoms with Crippen molar-refractivity contribution in [2.24, 2.45) is 11.8 Å². The summed E-state index contributed by atoms with van der Waals surface area (Å²) in [5.74, 6) is 1.72. The van der Waals surface area contributed by atoms with Gasteiger partial charge in [0.05, 0.1) is 25.3 Å². The summed E-state index contributed by atoms with van der Waals surface area (Å²) in [6.45, 7) is 1.62. The van der Waals surface area contributed by atoms with E-state index in [0.29, 0.717) is 11.8 Å². The highest BCUT2D eigenvalue weighted by atomic mass is 16.5. The summed E-state index contributed by atoms with van der Waals surface area (Å²) in [5.41, 5.74) is 0.